The summed E-state index contributed by atoms with van der Waals surface area (Å²) in [5.74, 6) is 0.831. The molecule has 0 aromatic heterocycles. The lowest BCUT2D eigenvalue weighted by molar-refractivity contribution is -0.231. The average molecular weight is 423 g/mol. The van der Waals surface area contributed by atoms with Crippen molar-refractivity contribution in [2.24, 2.45) is 0 Å². The van der Waals surface area contributed by atoms with Crippen LogP contribution in [0.3, 0.4) is 0 Å². The topological polar surface area (TPSA) is 60.0 Å². The average Bonchev–Trinajstić information content (AvgIpc) is 2.78. The van der Waals surface area contributed by atoms with Gasteiger partial charge >= 0.3 is 0 Å². The van der Waals surface area contributed by atoms with Gasteiger partial charge in [0, 0.05) is 44.6 Å². The molecule has 1 amide bonds. The van der Waals surface area contributed by atoms with Gasteiger partial charge < -0.3 is 19.5 Å². The highest BCUT2D eigenvalue weighted by Crippen LogP contribution is 2.41. The summed E-state index contributed by atoms with van der Waals surface area (Å²) in [6, 6.07) is 12.6. The molecule has 31 heavy (non-hydrogen) atoms. The molecule has 6 heteroatoms. The Bertz CT molecular complexity index is 977. The van der Waals surface area contributed by atoms with Gasteiger partial charge in [-0.3, -0.25) is 9.69 Å². The predicted molar refractivity (Wildman–Crippen MR) is 118 cm³/mol. The zero-order valence-corrected chi connectivity index (χ0v) is 18.3. The minimum Gasteiger partial charge on any atom is -0.496 e. The first-order valence-electron chi connectivity index (χ1n) is 11.2. The molecule has 1 saturated carbocycles. The van der Waals surface area contributed by atoms with Crippen LogP contribution in [0.25, 0.3) is 11.1 Å². The van der Waals surface area contributed by atoms with Crippen LogP contribution in [0.5, 0.6) is 11.5 Å². The van der Waals surface area contributed by atoms with Crippen LogP contribution in [-0.4, -0.2) is 49.9 Å². The highest BCUT2D eigenvalue weighted by atomic mass is 16.7. The normalized spacial score (nSPS) is 20.5. The number of carbonyl (C=O) groups excluding carboxylic acids is 1. The molecule has 6 nitrogen and oxygen atoms in total. The third kappa shape index (κ3) is 3.79. The second-order valence-electron chi connectivity index (χ2n) is 8.74. The van der Waals surface area contributed by atoms with E-state index in [1.807, 2.05) is 18.2 Å². The lowest BCUT2D eigenvalue weighted by Gasteiger charge is -2.47. The molecule has 2 heterocycles. The van der Waals surface area contributed by atoms with E-state index < -0.39 is 5.79 Å². The molecule has 2 aliphatic heterocycles. The molecule has 0 atom stereocenters. The maximum atomic E-state index is 12.0. The van der Waals surface area contributed by atoms with Gasteiger partial charge in [0.1, 0.15) is 11.5 Å². The molecule has 0 radical (unpaired) electrons. The van der Waals surface area contributed by atoms with E-state index in [0.717, 1.165) is 54.4 Å². The van der Waals surface area contributed by atoms with Crippen LogP contribution in [0.4, 0.5) is 0 Å². The Balaban J connectivity index is 1.33. The number of methoxy groups -OCH3 is 1. The number of benzene rings is 2. The third-order valence-corrected chi connectivity index (χ3v) is 7.00. The van der Waals surface area contributed by atoms with Gasteiger partial charge in [0.15, 0.2) is 0 Å². The van der Waals surface area contributed by atoms with E-state index in [0.29, 0.717) is 17.9 Å². The van der Waals surface area contributed by atoms with Gasteiger partial charge in [-0.15, -0.1) is 0 Å². The number of likely N-dealkylation sites (tertiary alicyclic amines) is 1. The minimum atomic E-state index is -0.479. The number of hydrogen-bond donors (Lipinski definition) is 1. The largest absolute Gasteiger partial charge is 0.496 e. The minimum absolute atomic E-state index is 0.163. The number of piperidine rings is 1. The smallest absolute Gasteiger partial charge is 0.254 e. The zero-order chi connectivity index (χ0) is 21.4. The Morgan fingerprint density at radius 1 is 1.13 bits per heavy atom. The number of rotatable bonds is 4. The maximum absolute atomic E-state index is 12.0. The number of nitrogens with zero attached hydrogens (tertiary/aromatic N) is 1. The van der Waals surface area contributed by atoms with E-state index in [9.17, 15) is 4.79 Å². The van der Waals surface area contributed by atoms with Crippen molar-refractivity contribution in [1.29, 1.82) is 0 Å². The molecule has 0 bridgehead atoms. The number of hydrogen-bond acceptors (Lipinski definition) is 5. The van der Waals surface area contributed by atoms with Crippen molar-refractivity contribution in [2.75, 3.05) is 27.2 Å². The van der Waals surface area contributed by atoms with Gasteiger partial charge in [-0.1, -0.05) is 18.6 Å². The molecule has 1 spiro atoms. The first-order chi connectivity index (χ1) is 15.1. The second kappa shape index (κ2) is 8.17. The van der Waals surface area contributed by atoms with Crippen molar-refractivity contribution in [3.8, 4) is 22.6 Å². The SMILES string of the molecule is CNC(=O)c1ccc(-c2ccc3c(c2)COC2(CCN(C4CCC4)CC2)O3)cc1OC. The number of fused-ring (bicyclic) bond motifs is 1. The molecule has 0 unspecified atom stereocenters. The predicted octanol–water partition coefficient (Wildman–Crippen LogP) is 3.98. The van der Waals surface area contributed by atoms with Gasteiger partial charge in [0.25, 0.3) is 5.91 Å². The number of ether oxygens (including phenoxy) is 3. The van der Waals surface area contributed by atoms with Crippen LogP contribution in [0.15, 0.2) is 36.4 Å². The van der Waals surface area contributed by atoms with E-state index in [1.54, 1.807) is 20.2 Å². The molecular formula is C25H30N2O4. The Labute approximate surface area is 183 Å². The second-order valence-corrected chi connectivity index (χ2v) is 8.74. The Kier molecular flexibility index (Phi) is 5.36. The van der Waals surface area contributed by atoms with Crippen molar-refractivity contribution < 1.29 is 19.0 Å². The molecular weight excluding hydrogens is 392 g/mol. The Hall–Kier alpha value is -2.57. The van der Waals surface area contributed by atoms with Gasteiger partial charge in [0.2, 0.25) is 5.79 Å². The summed E-state index contributed by atoms with van der Waals surface area (Å²) in [5.41, 5.74) is 3.61. The lowest BCUT2D eigenvalue weighted by atomic mass is 9.89. The maximum Gasteiger partial charge on any atom is 0.254 e. The van der Waals surface area contributed by atoms with E-state index in [-0.39, 0.29) is 5.91 Å². The summed E-state index contributed by atoms with van der Waals surface area (Å²) in [4.78, 5) is 14.6. The van der Waals surface area contributed by atoms with Crippen molar-refractivity contribution >= 4 is 5.91 Å². The summed E-state index contributed by atoms with van der Waals surface area (Å²) in [5, 5.41) is 2.64. The lowest BCUT2D eigenvalue weighted by Crippen LogP contribution is -2.54. The molecule has 1 saturated heterocycles. The van der Waals surface area contributed by atoms with Crippen LogP contribution in [0.2, 0.25) is 0 Å². The van der Waals surface area contributed by atoms with Crippen LogP contribution in [0.1, 0.15) is 48.0 Å². The van der Waals surface area contributed by atoms with E-state index in [2.05, 4.69) is 22.3 Å². The zero-order valence-electron chi connectivity index (χ0n) is 18.3. The van der Waals surface area contributed by atoms with Crippen molar-refractivity contribution in [2.45, 2.75) is 50.5 Å². The Morgan fingerprint density at radius 2 is 1.87 bits per heavy atom. The number of nitrogens with one attached hydrogen (secondary N) is 1. The molecule has 164 valence electrons. The summed E-state index contributed by atoms with van der Waals surface area (Å²) >= 11 is 0. The van der Waals surface area contributed by atoms with Crippen LogP contribution in [-0.2, 0) is 11.3 Å². The van der Waals surface area contributed by atoms with E-state index in [1.165, 1.54) is 19.3 Å². The quantitative estimate of drug-likeness (QED) is 0.808. The van der Waals surface area contributed by atoms with Crippen molar-refractivity contribution in [3.63, 3.8) is 0 Å². The molecule has 3 aliphatic rings. The van der Waals surface area contributed by atoms with Gasteiger partial charge in [-0.2, -0.15) is 0 Å². The van der Waals surface area contributed by atoms with Crippen LogP contribution >= 0.6 is 0 Å². The number of amides is 1. The van der Waals surface area contributed by atoms with Crippen molar-refractivity contribution in [1.82, 2.24) is 10.2 Å². The van der Waals surface area contributed by atoms with Crippen LogP contribution in [0, 0.1) is 0 Å². The Morgan fingerprint density at radius 3 is 2.55 bits per heavy atom. The summed E-state index contributed by atoms with van der Waals surface area (Å²) in [6.07, 6.45) is 5.89. The monoisotopic (exact) mass is 422 g/mol. The van der Waals surface area contributed by atoms with E-state index in [4.69, 9.17) is 14.2 Å². The van der Waals surface area contributed by atoms with Gasteiger partial charge in [-0.05, 0) is 48.2 Å². The summed E-state index contributed by atoms with van der Waals surface area (Å²) in [7, 11) is 3.19. The molecule has 1 aliphatic carbocycles. The fraction of sp³-hybridized carbons (Fsp3) is 0.480. The highest BCUT2D eigenvalue weighted by Gasteiger charge is 2.42. The third-order valence-electron chi connectivity index (χ3n) is 7.00. The molecule has 1 N–H and O–H groups in total. The van der Waals surface area contributed by atoms with Gasteiger partial charge in [-0.25, -0.2) is 0 Å². The standard InChI is InChI=1S/C25H30N2O4/c1-26-24(28)21-8-6-18(15-23(21)29-2)17-7-9-22-19(14-17)16-30-25(31-22)10-12-27(13-11-25)20-4-3-5-20/h6-9,14-15,20H,3-5,10-13,16H2,1-2H3,(H,26,28). The summed E-state index contributed by atoms with van der Waals surface area (Å²) in [6.45, 7) is 2.66. The summed E-state index contributed by atoms with van der Waals surface area (Å²) < 4.78 is 18.1. The van der Waals surface area contributed by atoms with Crippen molar-refractivity contribution in [3.05, 3.63) is 47.5 Å². The highest BCUT2D eigenvalue weighted by molar-refractivity contribution is 5.97. The van der Waals surface area contributed by atoms with E-state index >= 15 is 0 Å². The first kappa shape index (κ1) is 20.3. The first-order valence-corrected chi connectivity index (χ1v) is 11.2. The van der Waals surface area contributed by atoms with Crippen LogP contribution < -0.4 is 14.8 Å². The fourth-order valence-electron chi connectivity index (χ4n) is 4.83. The number of carbonyl (C=O) groups is 1. The molecule has 5 rings (SSSR count). The molecule has 2 aromatic rings. The molecule has 2 fully saturated rings. The fourth-order valence-corrected chi connectivity index (χ4v) is 4.83. The molecule has 2 aromatic carbocycles. The van der Waals surface area contributed by atoms with Gasteiger partial charge in [0.05, 0.1) is 19.3 Å².